The lowest BCUT2D eigenvalue weighted by atomic mass is 10.3. The van der Waals surface area contributed by atoms with Gasteiger partial charge in [-0.25, -0.2) is 0 Å². The first-order valence-corrected chi connectivity index (χ1v) is 13.7. The zero-order valence-corrected chi connectivity index (χ0v) is 18.2. The van der Waals surface area contributed by atoms with Crippen molar-refractivity contribution in [3.05, 3.63) is 134 Å². The van der Waals surface area contributed by atoms with E-state index < -0.39 is 16.1 Å². The van der Waals surface area contributed by atoms with Gasteiger partial charge in [0.05, 0.1) is 0 Å². The average Bonchev–Trinajstić information content (AvgIpc) is 2.79. The Hall–Kier alpha value is -2.95. The third-order valence-corrected chi connectivity index (χ3v) is 13.4. The molecular weight excluding hydrogens is 368 g/mol. The van der Waals surface area contributed by atoms with Gasteiger partial charge in [0.2, 0.25) is 0 Å². The standard InChI is InChI=1S/C26H26Si2/c1-5-27(6-2,23-15-11-9-12-16-23)25-19-21-26(22-20-25)28(7-3,8-4)24-17-13-10-14-18-24/h5-22H,1-4H2. The highest BCUT2D eigenvalue weighted by Gasteiger charge is 2.33. The van der Waals surface area contributed by atoms with E-state index in [2.05, 4.69) is 122 Å². The fourth-order valence-electron chi connectivity index (χ4n) is 3.89. The van der Waals surface area contributed by atoms with Gasteiger partial charge >= 0.3 is 0 Å². The summed E-state index contributed by atoms with van der Waals surface area (Å²) in [5.41, 5.74) is 8.42. The summed E-state index contributed by atoms with van der Waals surface area (Å²) in [4.78, 5) is 0. The molecule has 0 unspecified atom stereocenters. The first-order valence-electron chi connectivity index (χ1n) is 9.43. The summed E-state index contributed by atoms with van der Waals surface area (Å²) >= 11 is 0. The summed E-state index contributed by atoms with van der Waals surface area (Å²) in [6.07, 6.45) is 0. The van der Waals surface area contributed by atoms with Crippen LogP contribution in [0.1, 0.15) is 0 Å². The maximum atomic E-state index is 4.17. The molecule has 3 aromatic carbocycles. The van der Waals surface area contributed by atoms with Crippen LogP contribution in [0.4, 0.5) is 0 Å². The number of rotatable bonds is 8. The van der Waals surface area contributed by atoms with Crippen LogP contribution < -0.4 is 20.7 Å². The monoisotopic (exact) mass is 394 g/mol. The first-order chi connectivity index (χ1) is 13.7. The van der Waals surface area contributed by atoms with Gasteiger partial charge in [0.25, 0.3) is 0 Å². The molecule has 3 rings (SSSR count). The number of hydrogen-bond donors (Lipinski definition) is 0. The van der Waals surface area contributed by atoms with Crippen molar-refractivity contribution in [3.8, 4) is 0 Å². The Balaban J connectivity index is 2.12. The Morgan fingerprint density at radius 2 is 0.643 bits per heavy atom. The maximum absolute atomic E-state index is 4.17. The summed E-state index contributed by atoms with van der Waals surface area (Å²) < 4.78 is 0. The van der Waals surface area contributed by atoms with Crippen LogP contribution in [-0.2, 0) is 0 Å². The van der Waals surface area contributed by atoms with Crippen LogP contribution in [0.25, 0.3) is 0 Å². The van der Waals surface area contributed by atoms with Gasteiger partial charge in [-0.2, -0.15) is 0 Å². The fourth-order valence-corrected chi connectivity index (χ4v) is 9.70. The molecule has 0 aliphatic carbocycles. The molecule has 0 aliphatic heterocycles. The van der Waals surface area contributed by atoms with E-state index in [0.29, 0.717) is 0 Å². The third-order valence-electron chi connectivity index (χ3n) is 5.63. The van der Waals surface area contributed by atoms with Crippen LogP contribution in [0, 0.1) is 0 Å². The summed E-state index contributed by atoms with van der Waals surface area (Å²) in [5.74, 6) is 0. The van der Waals surface area contributed by atoms with Crippen LogP contribution >= 0.6 is 0 Å². The van der Waals surface area contributed by atoms with Gasteiger partial charge in [-0.1, -0.05) is 108 Å². The van der Waals surface area contributed by atoms with Crippen molar-refractivity contribution in [3.63, 3.8) is 0 Å². The average molecular weight is 395 g/mol. The van der Waals surface area contributed by atoms with Crippen LogP contribution in [0.3, 0.4) is 0 Å². The van der Waals surface area contributed by atoms with E-state index in [1.165, 1.54) is 20.7 Å². The fraction of sp³-hybridized carbons (Fsp3) is 0. The second-order valence-electron chi connectivity index (χ2n) is 6.86. The Morgan fingerprint density at radius 1 is 0.393 bits per heavy atom. The molecule has 0 nitrogen and oxygen atoms in total. The zero-order chi connectivity index (χ0) is 20.0. The van der Waals surface area contributed by atoms with E-state index in [1.54, 1.807) is 0 Å². The number of benzene rings is 3. The van der Waals surface area contributed by atoms with Gasteiger partial charge in [0.15, 0.2) is 16.1 Å². The van der Waals surface area contributed by atoms with E-state index in [1.807, 2.05) is 12.1 Å². The Kier molecular flexibility index (Phi) is 5.93. The molecule has 0 spiro atoms. The summed E-state index contributed by atoms with van der Waals surface area (Å²) in [6.45, 7) is 16.7. The van der Waals surface area contributed by atoms with Crippen molar-refractivity contribution in [1.29, 1.82) is 0 Å². The minimum absolute atomic E-state index is 1.29. The van der Waals surface area contributed by atoms with Gasteiger partial charge in [-0.15, -0.1) is 26.3 Å². The maximum Gasteiger partial charge on any atom is 0.163 e. The largest absolute Gasteiger partial charge is 0.163 e. The van der Waals surface area contributed by atoms with Crippen molar-refractivity contribution >= 4 is 36.9 Å². The Bertz CT molecular complexity index is 871. The molecule has 0 bridgehead atoms. The highest BCUT2D eigenvalue weighted by atomic mass is 28.3. The summed E-state index contributed by atoms with van der Waals surface area (Å²) in [7, 11) is -4.37. The zero-order valence-electron chi connectivity index (χ0n) is 16.2. The molecule has 0 amide bonds. The van der Waals surface area contributed by atoms with Crippen molar-refractivity contribution in [1.82, 2.24) is 0 Å². The predicted octanol–water partition coefficient (Wildman–Crippen LogP) is 3.71. The van der Waals surface area contributed by atoms with Gasteiger partial charge in [0, 0.05) is 0 Å². The van der Waals surface area contributed by atoms with E-state index in [0.717, 1.165) is 0 Å². The lowest BCUT2D eigenvalue weighted by Gasteiger charge is -2.29. The molecule has 0 aliphatic rings. The first kappa shape index (κ1) is 19.8. The smallest absolute Gasteiger partial charge is 0.106 e. The summed E-state index contributed by atoms with van der Waals surface area (Å²) in [6, 6.07) is 30.1. The van der Waals surface area contributed by atoms with Gasteiger partial charge in [0.1, 0.15) is 0 Å². The van der Waals surface area contributed by atoms with Crippen LogP contribution in [0.5, 0.6) is 0 Å². The molecule has 0 atom stereocenters. The molecule has 0 saturated heterocycles. The van der Waals surface area contributed by atoms with Crippen molar-refractivity contribution in [2.45, 2.75) is 0 Å². The van der Waals surface area contributed by atoms with Gasteiger partial charge in [-0.05, 0) is 20.7 Å². The molecule has 28 heavy (non-hydrogen) atoms. The highest BCUT2D eigenvalue weighted by molar-refractivity contribution is 7.10. The molecule has 0 aromatic heterocycles. The normalized spacial score (nSPS) is 11.4. The van der Waals surface area contributed by atoms with Gasteiger partial charge in [-0.3, -0.25) is 0 Å². The van der Waals surface area contributed by atoms with Crippen molar-refractivity contribution in [2.75, 3.05) is 0 Å². The van der Waals surface area contributed by atoms with Crippen molar-refractivity contribution < 1.29 is 0 Å². The quantitative estimate of drug-likeness (QED) is 0.511. The molecule has 0 heterocycles. The Morgan fingerprint density at radius 3 is 0.893 bits per heavy atom. The number of hydrogen-bond acceptors (Lipinski definition) is 0. The van der Waals surface area contributed by atoms with Gasteiger partial charge < -0.3 is 0 Å². The second-order valence-corrected chi connectivity index (χ2v) is 14.3. The lowest BCUT2D eigenvalue weighted by molar-refractivity contribution is 1.71. The Labute approximate surface area is 170 Å². The molecular formula is C26H26Si2. The molecule has 0 N–H and O–H groups in total. The third kappa shape index (κ3) is 3.22. The lowest BCUT2D eigenvalue weighted by Crippen LogP contribution is -2.58. The minimum atomic E-state index is -2.19. The van der Waals surface area contributed by atoms with E-state index in [4.69, 9.17) is 0 Å². The predicted molar refractivity (Wildman–Crippen MR) is 130 cm³/mol. The second kappa shape index (κ2) is 8.38. The van der Waals surface area contributed by atoms with E-state index >= 15 is 0 Å². The van der Waals surface area contributed by atoms with E-state index in [9.17, 15) is 0 Å². The molecule has 2 heteroatoms. The minimum Gasteiger partial charge on any atom is -0.106 e. The molecule has 0 radical (unpaired) electrons. The highest BCUT2D eigenvalue weighted by Crippen LogP contribution is 2.11. The van der Waals surface area contributed by atoms with Crippen LogP contribution in [0.15, 0.2) is 134 Å². The van der Waals surface area contributed by atoms with Crippen molar-refractivity contribution in [2.24, 2.45) is 0 Å². The molecule has 0 fully saturated rings. The van der Waals surface area contributed by atoms with E-state index in [-0.39, 0.29) is 0 Å². The van der Waals surface area contributed by atoms with Crippen LogP contribution in [0.2, 0.25) is 0 Å². The SMILES string of the molecule is C=C[Si](C=C)(c1ccccc1)c1ccc([Si](C=C)(C=C)c2ccccc2)cc1. The molecule has 0 saturated carbocycles. The molecule has 138 valence electrons. The molecule has 3 aromatic rings. The summed E-state index contributed by atoms with van der Waals surface area (Å²) in [5, 5.41) is 5.17. The topological polar surface area (TPSA) is 0 Å². The van der Waals surface area contributed by atoms with Crippen LogP contribution in [-0.4, -0.2) is 16.1 Å².